The molecule has 3 aliphatic rings. The van der Waals surface area contributed by atoms with Gasteiger partial charge in [0.05, 0.1) is 5.70 Å². The second-order valence-electron chi connectivity index (χ2n) is 9.90. The minimum absolute atomic E-state index is 0.0438. The van der Waals surface area contributed by atoms with Crippen molar-refractivity contribution in [3.63, 3.8) is 0 Å². The van der Waals surface area contributed by atoms with Crippen molar-refractivity contribution in [1.82, 2.24) is 5.32 Å². The number of ketones is 2. The average molecular weight is 412 g/mol. The van der Waals surface area contributed by atoms with Crippen LogP contribution in [0.4, 0.5) is 0 Å². The van der Waals surface area contributed by atoms with Crippen molar-refractivity contribution in [2.75, 3.05) is 0 Å². The summed E-state index contributed by atoms with van der Waals surface area (Å²) in [6.07, 6.45) is 4.72. The molecule has 5 rings (SSSR count). The molecule has 158 valence electrons. The molecule has 3 heteroatoms. The number of fused-ring (bicyclic) bond motifs is 2. The van der Waals surface area contributed by atoms with E-state index in [0.717, 1.165) is 52.1 Å². The Morgan fingerprint density at radius 1 is 0.935 bits per heavy atom. The molecule has 0 fully saturated rings. The van der Waals surface area contributed by atoms with Gasteiger partial charge >= 0.3 is 0 Å². The number of nitrogens with one attached hydrogen (secondary N) is 1. The van der Waals surface area contributed by atoms with E-state index in [0.29, 0.717) is 6.42 Å². The first-order valence-corrected chi connectivity index (χ1v) is 11.4. The van der Waals surface area contributed by atoms with Gasteiger partial charge in [-0.15, -0.1) is 0 Å². The SMILES string of the molecule is CCCCc1ccc([C@H]2C3=C(CC(C)(C)CC3=O)NC3=C2C(=O)c2ccccc23)cc1. The molecule has 3 nitrogen and oxygen atoms in total. The fourth-order valence-corrected chi connectivity index (χ4v) is 5.38. The van der Waals surface area contributed by atoms with E-state index in [4.69, 9.17) is 0 Å². The van der Waals surface area contributed by atoms with Gasteiger partial charge in [-0.2, -0.15) is 0 Å². The van der Waals surface area contributed by atoms with Gasteiger partial charge in [-0.05, 0) is 35.8 Å². The van der Waals surface area contributed by atoms with Crippen LogP contribution in [0.3, 0.4) is 0 Å². The molecule has 1 heterocycles. The number of aryl methyl sites for hydroxylation is 1. The van der Waals surface area contributed by atoms with Crippen molar-refractivity contribution < 1.29 is 9.59 Å². The Balaban J connectivity index is 1.65. The normalized spacial score (nSPS) is 21.6. The first-order chi connectivity index (χ1) is 14.9. The van der Waals surface area contributed by atoms with E-state index in [1.807, 2.05) is 24.3 Å². The van der Waals surface area contributed by atoms with Gasteiger partial charge in [-0.3, -0.25) is 9.59 Å². The maximum Gasteiger partial charge on any atom is 0.192 e. The number of benzene rings is 2. The van der Waals surface area contributed by atoms with Crippen LogP contribution in [-0.2, 0) is 11.2 Å². The monoisotopic (exact) mass is 411 g/mol. The number of Topliss-reactive ketones (excluding diaryl/α,β-unsaturated/α-hetero) is 2. The second-order valence-corrected chi connectivity index (χ2v) is 9.90. The average Bonchev–Trinajstić information content (AvgIpc) is 3.02. The lowest BCUT2D eigenvalue weighted by Crippen LogP contribution is -2.37. The highest BCUT2D eigenvalue weighted by Gasteiger charge is 2.46. The van der Waals surface area contributed by atoms with Gasteiger partial charge in [-0.1, -0.05) is 75.7 Å². The third-order valence-corrected chi connectivity index (χ3v) is 6.86. The molecule has 2 aromatic rings. The summed E-state index contributed by atoms with van der Waals surface area (Å²) in [4.78, 5) is 26.9. The van der Waals surface area contributed by atoms with E-state index >= 15 is 0 Å². The molecule has 0 radical (unpaired) electrons. The summed E-state index contributed by atoms with van der Waals surface area (Å²) in [5.74, 6) is -0.0913. The van der Waals surface area contributed by atoms with Gasteiger partial charge in [0.2, 0.25) is 0 Å². The van der Waals surface area contributed by atoms with E-state index in [1.165, 1.54) is 18.4 Å². The predicted molar refractivity (Wildman–Crippen MR) is 124 cm³/mol. The molecular weight excluding hydrogens is 382 g/mol. The molecule has 0 unspecified atom stereocenters. The summed E-state index contributed by atoms with van der Waals surface area (Å²) in [6, 6.07) is 16.4. The van der Waals surface area contributed by atoms with Crippen LogP contribution in [0.1, 0.15) is 79.4 Å². The van der Waals surface area contributed by atoms with Crippen LogP contribution in [-0.4, -0.2) is 11.6 Å². The van der Waals surface area contributed by atoms with E-state index in [2.05, 4.69) is 50.4 Å². The topological polar surface area (TPSA) is 46.2 Å². The van der Waals surface area contributed by atoms with Gasteiger partial charge in [0.1, 0.15) is 0 Å². The molecule has 0 aromatic heterocycles. The maximum absolute atomic E-state index is 13.5. The molecule has 0 saturated heterocycles. The summed E-state index contributed by atoms with van der Waals surface area (Å²) in [5, 5.41) is 3.55. The van der Waals surface area contributed by atoms with E-state index in [9.17, 15) is 9.59 Å². The highest BCUT2D eigenvalue weighted by atomic mass is 16.1. The van der Waals surface area contributed by atoms with Crippen LogP contribution in [0.2, 0.25) is 0 Å². The number of hydrogen-bond donors (Lipinski definition) is 1. The fraction of sp³-hybridized carbons (Fsp3) is 0.357. The predicted octanol–water partition coefficient (Wildman–Crippen LogP) is 5.97. The van der Waals surface area contributed by atoms with Crippen molar-refractivity contribution in [2.45, 2.75) is 58.8 Å². The molecule has 2 aliphatic carbocycles. The summed E-state index contributed by atoms with van der Waals surface area (Å²) in [5.41, 5.74) is 7.35. The van der Waals surface area contributed by atoms with Crippen molar-refractivity contribution in [3.05, 3.63) is 87.6 Å². The number of unbranched alkanes of at least 4 members (excludes halogenated alkanes) is 1. The third kappa shape index (κ3) is 3.27. The van der Waals surface area contributed by atoms with Gasteiger partial charge in [0, 0.05) is 40.3 Å². The first kappa shape index (κ1) is 20.0. The number of dihydropyridines is 1. The molecular formula is C28H29NO2. The van der Waals surface area contributed by atoms with E-state index in [-0.39, 0.29) is 22.9 Å². The van der Waals surface area contributed by atoms with Gasteiger partial charge in [0.25, 0.3) is 0 Å². The smallest absolute Gasteiger partial charge is 0.192 e. The molecule has 0 bridgehead atoms. The highest BCUT2D eigenvalue weighted by Crippen LogP contribution is 2.51. The molecule has 2 aromatic carbocycles. The van der Waals surface area contributed by atoms with Crippen molar-refractivity contribution in [1.29, 1.82) is 0 Å². The summed E-state index contributed by atoms with van der Waals surface area (Å²) in [6.45, 7) is 6.49. The quantitative estimate of drug-likeness (QED) is 0.674. The van der Waals surface area contributed by atoms with Crippen molar-refractivity contribution in [2.24, 2.45) is 5.41 Å². The Hall–Kier alpha value is -2.94. The largest absolute Gasteiger partial charge is 0.358 e. The van der Waals surface area contributed by atoms with Crippen LogP contribution >= 0.6 is 0 Å². The Morgan fingerprint density at radius 3 is 2.35 bits per heavy atom. The molecule has 0 spiro atoms. The molecule has 1 aliphatic heterocycles. The number of hydrogen-bond acceptors (Lipinski definition) is 3. The number of carbonyl (C=O) groups is 2. The van der Waals surface area contributed by atoms with Gasteiger partial charge in [-0.25, -0.2) is 0 Å². The zero-order chi connectivity index (χ0) is 21.8. The van der Waals surface area contributed by atoms with Crippen molar-refractivity contribution in [3.8, 4) is 0 Å². The minimum Gasteiger partial charge on any atom is -0.358 e. The third-order valence-electron chi connectivity index (χ3n) is 6.86. The second kappa shape index (κ2) is 7.33. The van der Waals surface area contributed by atoms with Gasteiger partial charge < -0.3 is 5.32 Å². The van der Waals surface area contributed by atoms with Crippen molar-refractivity contribution >= 4 is 17.3 Å². The standard InChI is InChI=1S/C28H29NO2/c1-4-5-8-17-11-13-18(14-12-17)23-24-21(15-28(2,3)16-22(24)30)29-26-19-9-6-7-10-20(19)27(31)25(23)26/h6-7,9-14,23,29H,4-5,8,15-16H2,1-3H3/t23-/m0/s1. The summed E-state index contributed by atoms with van der Waals surface area (Å²) >= 11 is 0. The van der Waals surface area contributed by atoms with E-state index in [1.54, 1.807) is 0 Å². The fourth-order valence-electron chi connectivity index (χ4n) is 5.38. The molecule has 1 atom stereocenters. The Morgan fingerprint density at radius 2 is 1.65 bits per heavy atom. The van der Waals surface area contributed by atoms with Crippen LogP contribution in [0.5, 0.6) is 0 Å². The lowest BCUT2D eigenvalue weighted by molar-refractivity contribution is -0.118. The Kier molecular flexibility index (Phi) is 4.73. The van der Waals surface area contributed by atoms with Crippen LogP contribution in [0.25, 0.3) is 5.70 Å². The Labute approximate surface area is 184 Å². The van der Waals surface area contributed by atoms with E-state index < -0.39 is 0 Å². The summed E-state index contributed by atoms with van der Waals surface area (Å²) < 4.78 is 0. The number of rotatable bonds is 4. The highest BCUT2D eigenvalue weighted by molar-refractivity contribution is 6.23. The van der Waals surface area contributed by atoms with Crippen LogP contribution < -0.4 is 5.32 Å². The zero-order valence-corrected chi connectivity index (χ0v) is 18.5. The Bertz CT molecular complexity index is 1150. The molecule has 0 amide bonds. The number of allylic oxidation sites excluding steroid dienone is 3. The molecule has 0 saturated carbocycles. The van der Waals surface area contributed by atoms with Gasteiger partial charge in [0.15, 0.2) is 11.6 Å². The maximum atomic E-state index is 13.5. The molecule has 1 N–H and O–H groups in total. The minimum atomic E-state index is -0.296. The summed E-state index contributed by atoms with van der Waals surface area (Å²) in [7, 11) is 0. The van der Waals surface area contributed by atoms with Crippen LogP contribution in [0, 0.1) is 5.41 Å². The zero-order valence-electron chi connectivity index (χ0n) is 18.5. The molecule has 31 heavy (non-hydrogen) atoms. The number of carbonyl (C=O) groups excluding carboxylic acids is 2. The lowest BCUT2D eigenvalue weighted by Gasteiger charge is -2.39. The van der Waals surface area contributed by atoms with Crippen LogP contribution in [0.15, 0.2) is 65.4 Å². The first-order valence-electron chi connectivity index (χ1n) is 11.4. The lowest BCUT2D eigenvalue weighted by atomic mass is 9.68.